The second-order valence-corrected chi connectivity index (χ2v) is 8.62. The van der Waals surface area contributed by atoms with Crippen LogP contribution >= 0.6 is 0 Å². The lowest BCUT2D eigenvalue weighted by molar-refractivity contribution is -0.119. The summed E-state index contributed by atoms with van der Waals surface area (Å²) in [5.74, 6) is -0.293. The summed E-state index contributed by atoms with van der Waals surface area (Å²) in [6.45, 7) is 3.63. The van der Waals surface area contributed by atoms with Gasteiger partial charge in [-0.3, -0.25) is 14.3 Å². The van der Waals surface area contributed by atoms with Crippen LogP contribution in [0.1, 0.15) is 60.3 Å². The first-order chi connectivity index (χ1) is 15.9. The molecule has 1 unspecified atom stereocenters. The van der Waals surface area contributed by atoms with Crippen molar-refractivity contribution >= 4 is 17.6 Å². The monoisotopic (exact) mass is 451 g/mol. The zero-order valence-electron chi connectivity index (χ0n) is 19.2. The van der Waals surface area contributed by atoms with E-state index in [2.05, 4.69) is 35.7 Å². The predicted octanol–water partition coefficient (Wildman–Crippen LogP) is 3.19. The molecular weight excluding hydrogens is 422 g/mol. The zero-order valence-corrected chi connectivity index (χ0v) is 19.2. The van der Waals surface area contributed by atoms with Crippen molar-refractivity contribution in [3.05, 3.63) is 41.5 Å². The number of nitrogens with one attached hydrogen (secondary N) is 2. The zero-order chi connectivity index (χ0) is 23.4. The molecule has 1 atom stereocenters. The lowest BCUT2D eigenvalue weighted by Gasteiger charge is -2.26. The number of carbonyl (C=O) groups excluding carboxylic acids is 2. The molecule has 1 saturated carbocycles. The first kappa shape index (κ1) is 22.6. The van der Waals surface area contributed by atoms with Gasteiger partial charge in [0.2, 0.25) is 5.91 Å². The van der Waals surface area contributed by atoms with Crippen LogP contribution in [0.5, 0.6) is 0 Å². The normalized spacial score (nSPS) is 15.6. The fourth-order valence-corrected chi connectivity index (χ4v) is 4.46. The van der Waals surface area contributed by atoms with Crippen LogP contribution in [0.15, 0.2) is 29.2 Å². The number of aryl methyl sites for hydroxylation is 3. The van der Waals surface area contributed by atoms with E-state index in [1.165, 1.54) is 0 Å². The van der Waals surface area contributed by atoms with Gasteiger partial charge in [-0.25, -0.2) is 9.61 Å². The standard InChI is InChI=1S/C23H29N7O3/c1-14-12-25-30(3)21(14)17-10-11-18(24-13-17)26-23(32)20(16-8-6-4-5-7-9-16)27-22(31)19-15(2)28-33-29-19/h10-13,16,20H,4-9H2,1-3H3,(H,27,31)(H,24,26,32). The summed E-state index contributed by atoms with van der Waals surface area (Å²) in [5.41, 5.74) is 3.41. The fourth-order valence-electron chi connectivity index (χ4n) is 4.46. The van der Waals surface area contributed by atoms with Gasteiger partial charge in [0.1, 0.15) is 17.6 Å². The quantitative estimate of drug-likeness (QED) is 0.551. The Hall–Kier alpha value is -3.56. The molecule has 174 valence electrons. The largest absolute Gasteiger partial charge is 0.338 e. The van der Waals surface area contributed by atoms with Crippen molar-refractivity contribution in [3.8, 4) is 11.3 Å². The van der Waals surface area contributed by atoms with Gasteiger partial charge in [0.25, 0.3) is 5.91 Å². The number of aromatic nitrogens is 5. The van der Waals surface area contributed by atoms with Crippen LogP contribution in [0.2, 0.25) is 0 Å². The molecule has 0 radical (unpaired) electrons. The molecule has 3 aromatic rings. The lowest BCUT2D eigenvalue weighted by atomic mass is 9.91. The summed E-state index contributed by atoms with van der Waals surface area (Å²) >= 11 is 0. The molecule has 0 aromatic carbocycles. The third-order valence-corrected chi connectivity index (χ3v) is 6.22. The third kappa shape index (κ3) is 5.10. The lowest BCUT2D eigenvalue weighted by Crippen LogP contribution is -2.48. The number of hydrogen-bond acceptors (Lipinski definition) is 7. The van der Waals surface area contributed by atoms with Crippen LogP contribution in [0.25, 0.3) is 11.3 Å². The average molecular weight is 452 g/mol. The summed E-state index contributed by atoms with van der Waals surface area (Å²) in [5, 5.41) is 17.4. The summed E-state index contributed by atoms with van der Waals surface area (Å²) in [6, 6.07) is 2.96. The molecule has 33 heavy (non-hydrogen) atoms. The minimum absolute atomic E-state index is 0.0352. The van der Waals surface area contributed by atoms with E-state index in [0.717, 1.165) is 55.3 Å². The van der Waals surface area contributed by atoms with Crippen LogP contribution < -0.4 is 10.6 Å². The molecule has 3 heterocycles. The molecule has 0 bridgehead atoms. The highest BCUT2D eigenvalue weighted by molar-refractivity contribution is 6.00. The van der Waals surface area contributed by atoms with Crippen molar-refractivity contribution in [2.75, 3.05) is 5.32 Å². The molecule has 1 fully saturated rings. The van der Waals surface area contributed by atoms with Gasteiger partial charge >= 0.3 is 0 Å². The van der Waals surface area contributed by atoms with Gasteiger partial charge in [-0.15, -0.1) is 0 Å². The van der Waals surface area contributed by atoms with Gasteiger partial charge in [0.15, 0.2) is 5.69 Å². The maximum absolute atomic E-state index is 13.3. The maximum Gasteiger partial charge on any atom is 0.276 e. The first-order valence-corrected chi connectivity index (χ1v) is 11.3. The maximum atomic E-state index is 13.3. The van der Waals surface area contributed by atoms with Gasteiger partial charge in [-0.1, -0.05) is 30.8 Å². The van der Waals surface area contributed by atoms with Crippen molar-refractivity contribution < 1.29 is 14.2 Å². The van der Waals surface area contributed by atoms with E-state index in [4.69, 9.17) is 0 Å². The number of carbonyl (C=O) groups is 2. The summed E-state index contributed by atoms with van der Waals surface area (Å²) in [6.07, 6.45) is 9.61. The van der Waals surface area contributed by atoms with Gasteiger partial charge in [-0.2, -0.15) is 5.10 Å². The number of pyridine rings is 1. The summed E-state index contributed by atoms with van der Waals surface area (Å²) in [4.78, 5) is 30.5. The van der Waals surface area contributed by atoms with E-state index in [1.807, 2.05) is 20.0 Å². The Balaban J connectivity index is 1.52. The fraction of sp³-hybridized carbons (Fsp3) is 0.478. The van der Waals surface area contributed by atoms with Gasteiger partial charge in [0.05, 0.1) is 11.9 Å². The van der Waals surface area contributed by atoms with Crippen molar-refractivity contribution in [1.82, 2.24) is 30.4 Å². The van der Waals surface area contributed by atoms with Crippen molar-refractivity contribution in [3.63, 3.8) is 0 Å². The van der Waals surface area contributed by atoms with E-state index in [-0.39, 0.29) is 17.5 Å². The molecule has 1 aliphatic carbocycles. The molecule has 10 heteroatoms. The minimum atomic E-state index is -0.701. The van der Waals surface area contributed by atoms with Crippen molar-refractivity contribution in [2.24, 2.45) is 13.0 Å². The SMILES string of the molecule is Cc1cnn(C)c1-c1ccc(NC(=O)C(NC(=O)c2nonc2C)C2CCCCCC2)nc1. The molecule has 4 rings (SSSR count). The highest BCUT2D eigenvalue weighted by atomic mass is 16.6. The molecule has 2 amide bonds. The minimum Gasteiger partial charge on any atom is -0.338 e. The van der Waals surface area contributed by atoms with Gasteiger partial charge < -0.3 is 10.6 Å². The second kappa shape index (κ2) is 9.93. The highest BCUT2D eigenvalue weighted by Gasteiger charge is 2.32. The Morgan fingerprint density at radius 3 is 2.42 bits per heavy atom. The Kier molecular flexibility index (Phi) is 6.81. The van der Waals surface area contributed by atoms with Gasteiger partial charge in [0, 0.05) is 18.8 Å². The summed E-state index contributed by atoms with van der Waals surface area (Å²) < 4.78 is 6.45. The van der Waals surface area contributed by atoms with E-state index in [1.54, 1.807) is 30.1 Å². The van der Waals surface area contributed by atoms with Crippen LogP contribution in [-0.2, 0) is 11.8 Å². The Morgan fingerprint density at radius 2 is 1.85 bits per heavy atom. The van der Waals surface area contributed by atoms with E-state index < -0.39 is 11.9 Å². The van der Waals surface area contributed by atoms with Crippen LogP contribution in [0.4, 0.5) is 5.82 Å². The molecule has 0 saturated heterocycles. The number of nitrogens with zero attached hydrogens (tertiary/aromatic N) is 5. The number of anilines is 1. The topological polar surface area (TPSA) is 128 Å². The number of amides is 2. The number of hydrogen-bond donors (Lipinski definition) is 2. The Morgan fingerprint density at radius 1 is 1.09 bits per heavy atom. The highest BCUT2D eigenvalue weighted by Crippen LogP contribution is 2.27. The third-order valence-electron chi connectivity index (χ3n) is 6.22. The van der Waals surface area contributed by atoms with Crippen molar-refractivity contribution in [1.29, 1.82) is 0 Å². The van der Waals surface area contributed by atoms with Crippen LogP contribution in [-0.4, -0.2) is 42.9 Å². The molecule has 10 nitrogen and oxygen atoms in total. The van der Waals surface area contributed by atoms with Crippen LogP contribution in [0, 0.1) is 19.8 Å². The van der Waals surface area contributed by atoms with Crippen LogP contribution in [0.3, 0.4) is 0 Å². The molecule has 0 aliphatic heterocycles. The predicted molar refractivity (Wildman–Crippen MR) is 121 cm³/mol. The van der Waals surface area contributed by atoms with E-state index in [0.29, 0.717) is 11.5 Å². The molecule has 0 spiro atoms. The smallest absolute Gasteiger partial charge is 0.276 e. The Bertz CT molecular complexity index is 1090. The molecule has 1 aliphatic rings. The summed E-state index contributed by atoms with van der Waals surface area (Å²) in [7, 11) is 1.88. The average Bonchev–Trinajstić information content (AvgIpc) is 3.26. The molecule has 2 N–H and O–H groups in total. The molecule has 3 aromatic heterocycles. The van der Waals surface area contributed by atoms with Crippen molar-refractivity contribution in [2.45, 2.75) is 58.4 Å². The second-order valence-electron chi connectivity index (χ2n) is 8.62. The number of rotatable bonds is 6. The molecular formula is C23H29N7O3. The van der Waals surface area contributed by atoms with Gasteiger partial charge in [-0.05, 0) is 55.5 Å². The first-order valence-electron chi connectivity index (χ1n) is 11.3. The van der Waals surface area contributed by atoms with E-state index in [9.17, 15) is 9.59 Å². The Labute approximate surface area is 192 Å². The van der Waals surface area contributed by atoms with E-state index >= 15 is 0 Å².